The number of nitrogens with one attached hydrogen (secondary N) is 1. The van der Waals surface area contributed by atoms with Crippen LogP contribution in [0.25, 0.3) is 0 Å². The number of phosphoric ester groups is 1. The number of esters is 1. The normalized spacial score (nSPS) is 13.9. The van der Waals surface area contributed by atoms with Gasteiger partial charge in [-0.15, -0.1) is 0 Å². The Morgan fingerprint density at radius 1 is 0.398 bits per heavy atom. The first-order valence-corrected chi connectivity index (χ1v) is 39.3. The first-order valence-electron chi connectivity index (χ1n) is 37.8. The van der Waals surface area contributed by atoms with Gasteiger partial charge in [-0.3, -0.25) is 18.6 Å². The Labute approximate surface area is 546 Å². The van der Waals surface area contributed by atoms with E-state index in [-0.39, 0.29) is 25.1 Å². The van der Waals surface area contributed by atoms with Crippen LogP contribution in [0.15, 0.2) is 72.9 Å². The molecular formula is C78H146N2O7P+. The van der Waals surface area contributed by atoms with Crippen LogP contribution in [-0.4, -0.2) is 74.3 Å². The minimum atomic E-state index is -4.46. The molecule has 0 aliphatic carbocycles. The van der Waals surface area contributed by atoms with Gasteiger partial charge < -0.3 is 19.4 Å². The Bertz CT molecular complexity index is 1730. The van der Waals surface area contributed by atoms with Gasteiger partial charge in [0.05, 0.1) is 33.8 Å². The van der Waals surface area contributed by atoms with E-state index in [1.54, 1.807) is 0 Å². The zero-order valence-electron chi connectivity index (χ0n) is 59.0. The van der Waals surface area contributed by atoms with Crippen molar-refractivity contribution < 1.29 is 37.3 Å². The summed E-state index contributed by atoms with van der Waals surface area (Å²) >= 11 is 0. The molecule has 0 aromatic rings. The van der Waals surface area contributed by atoms with Gasteiger partial charge in [-0.05, 0) is 102 Å². The van der Waals surface area contributed by atoms with E-state index >= 15 is 0 Å². The summed E-state index contributed by atoms with van der Waals surface area (Å²) in [5.41, 5.74) is 0. The molecule has 0 bridgehead atoms. The standard InChI is InChI=1S/C78H145N2O7P/c1-7-10-13-16-19-22-25-28-30-32-34-36-38-39-40-41-43-44-46-48-50-52-55-58-61-64-67-70-77(81)79-75(74-86-88(83,84)85-73-72-80(4,5)6)76(69-66-63-60-57-54-27-24-21-18-15-12-9-3)87-78(82)71-68-65-62-59-56-53-51-49-47-45-42-37-35-33-31-29-26-23-20-17-14-11-8-2/h19,22,28-31,34,36,39-40,66,69,75-76H,7-18,20-21,23-27,32-33,35,37-38,41-65,67-68,70-74H2,1-6H3,(H-,79,81,83,84)/p+1/b22-19-,30-28-,31-29+,36-34-,40-39-,69-66-. The highest BCUT2D eigenvalue weighted by molar-refractivity contribution is 7.47. The van der Waals surface area contributed by atoms with Crippen molar-refractivity contribution >= 4 is 19.7 Å². The minimum absolute atomic E-state index is 0.0390. The first kappa shape index (κ1) is 85.5. The third kappa shape index (κ3) is 67.8. The fourth-order valence-corrected chi connectivity index (χ4v) is 11.8. The smallest absolute Gasteiger partial charge is 0.456 e. The summed E-state index contributed by atoms with van der Waals surface area (Å²) < 4.78 is 30.9. The highest BCUT2D eigenvalue weighted by Gasteiger charge is 2.30. The lowest BCUT2D eigenvalue weighted by Gasteiger charge is -2.27. The Hall–Kier alpha value is -2.55. The van der Waals surface area contributed by atoms with Crippen molar-refractivity contribution in [2.24, 2.45) is 0 Å². The van der Waals surface area contributed by atoms with Crippen LogP contribution < -0.4 is 5.32 Å². The molecular weight excluding hydrogens is 1110 g/mol. The van der Waals surface area contributed by atoms with Crippen LogP contribution >= 0.6 is 7.82 Å². The Balaban J connectivity index is 4.99. The first-order chi connectivity index (χ1) is 42.9. The zero-order chi connectivity index (χ0) is 64.2. The molecule has 9 nitrogen and oxygen atoms in total. The van der Waals surface area contributed by atoms with Crippen molar-refractivity contribution in [2.75, 3.05) is 40.9 Å². The topological polar surface area (TPSA) is 111 Å². The van der Waals surface area contributed by atoms with Crippen molar-refractivity contribution in [3.63, 3.8) is 0 Å². The number of rotatable bonds is 69. The van der Waals surface area contributed by atoms with Crippen LogP contribution in [0, 0.1) is 0 Å². The van der Waals surface area contributed by atoms with Crippen LogP contribution in [0.1, 0.15) is 361 Å². The van der Waals surface area contributed by atoms with Crippen molar-refractivity contribution in [2.45, 2.75) is 373 Å². The number of carbonyl (C=O) groups is 2. The van der Waals surface area contributed by atoms with E-state index in [4.69, 9.17) is 13.8 Å². The van der Waals surface area contributed by atoms with Gasteiger partial charge in [0, 0.05) is 12.8 Å². The minimum Gasteiger partial charge on any atom is -0.456 e. The molecule has 10 heteroatoms. The van der Waals surface area contributed by atoms with Gasteiger partial charge in [-0.2, -0.15) is 0 Å². The van der Waals surface area contributed by atoms with Crippen LogP contribution in [0.4, 0.5) is 0 Å². The van der Waals surface area contributed by atoms with Gasteiger partial charge in [0.2, 0.25) is 5.91 Å². The predicted octanol–water partition coefficient (Wildman–Crippen LogP) is 24.3. The molecule has 0 aliphatic heterocycles. The van der Waals surface area contributed by atoms with Gasteiger partial charge in [0.25, 0.3) is 0 Å². The summed E-state index contributed by atoms with van der Waals surface area (Å²) in [6.45, 7) is 7.02. The molecule has 88 heavy (non-hydrogen) atoms. The summed E-state index contributed by atoms with van der Waals surface area (Å²) in [7, 11) is 1.50. The third-order valence-electron chi connectivity index (χ3n) is 16.9. The second-order valence-corrected chi connectivity index (χ2v) is 28.3. The van der Waals surface area contributed by atoms with Crippen molar-refractivity contribution in [1.82, 2.24) is 5.32 Å². The van der Waals surface area contributed by atoms with Crippen molar-refractivity contribution in [3.8, 4) is 0 Å². The molecule has 0 saturated heterocycles. The molecule has 0 rings (SSSR count). The van der Waals surface area contributed by atoms with E-state index in [0.29, 0.717) is 23.9 Å². The summed E-state index contributed by atoms with van der Waals surface area (Å²) in [5, 5.41) is 3.08. The molecule has 3 atom stereocenters. The van der Waals surface area contributed by atoms with E-state index in [1.165, 1.54) is 250 Å². The largest absolute Gasteiger partial charge is 0.472 e. The summed E-state index contributed by atoms with van der Waals surface area (Å²) in [4.78, 5) is 38.0. The lowest BCUT2D eigenvalue weighted by atomic mass is 10.0. The van der Waals surface area contributed by atoms with Crippen LogP contribution in [0.2, 0.25) is 0 Å². The number of phosphoric acid groups is 1. The Morgan fingerprint density at radius 3 is 1.07 bits per heavy atom. The second kappa shape index (κ2) is 67.3. The van der Waals surface area contributed by atoms with Gasteiger partial charge >= 0.3 is 13.8 Å². The fourth-order valence-electron chi connectivity index (χ4n) is 11.0. The number of nitrogens with zero attached hydrogens (tertiary/aromatic N) is 1. The molecule has 0 aliphatic rings. The summed E-state index contributed by atoms with van der Waals surface area (Å²) in [5.74, 6) is -0.496. The molecule has 0 aromatic carbocycles. The summed E-state index contributed by atoms with van der Waals surface area (Å²) in [6, 6.07) is -0.853. The Kier molecular flexibility index (Phi) is 65.4. The van der Waals surface area contributed by atoms with Gasteiger partial charge in [-0.1, -0.05) is 319 Å². The summed E-state index contributed by atoms with van der Waals surface area (Å²) in [6.07, 6.45) is 89.2. The molecule has 0 radical (unpaired) electrons. The number of hydrogen-bond donors (Lipinski definition) is 2. The zero-order valence-corrected chi connectivity index (χ0v) is 59.9. The molecule has 3 unspecified atom stereocenters. The molecule has 0 aromatic heterocycles. The fraction of sp³-hybridized carbons (Fsp3) is 0.821. The lowest BCUT2D eigenvalue weighted by Crippen LogP contribution is -2.47. The maximum atomic E-state index is 13.6. The highest BCUT2D eigenvalue weighted by atomic mass is 31.2. The van der Waals surface area contributed by atoms with Crippen LogP contribution in [0.3, 0.4) is 0 Å². The average molecular weight is 1260 g/mol. The second-order valence-electron chi connectivity index (χ2n) is 26.8. The van der Waals surface area contributed by atoms with Gasteiger partial charge in [-0.25, -0.2) is 4.57 Å². The Morgan fingerprint density at radius 2 is 0.693 bits per heavy atom. The molecule has 0 spiro atoms. The van der Waals surface area contributed by atoms with E-state index in [2.05, 4.69) is 86.8 Å². The predicted molar refractivity (Wildman–Crippen MR) is 383 cm³/mol. The monoisotopic (exact) mass is 1250 g/mol. The number of likely N-dealkylation sites (N-methyl/N-ethyl adjacent to an activating group) is 1. The quantitative estimate of drug-likeness (QED) is 0.0205. The molecule has 2 N–H and O–H groups in total. The van der Waals surface area contributed by atoms with E-state index < -0.39 is 20.0 Å². The number of allylic oxidation sites excluding steroid dienone is 11. The van der Waals surface area contributed by atoms with E-state index in [0.717, 1.165) is 77.0 Å². The maximum Gasteiger partial charge on any atom is 0.472 e. The maximum absolute atomic E-state index is 13.6. The number of carbonyl (C=O) groups excluding carboxylic acids is 2. The SMILES string of the molecule is CCCCC/C=C\C/C=C\C/C=C\C/C=C\CCCCCCCCCCCCCC(=O)NC(COP(=O)(O)OCC[N+](C)(C)C)C(/C=C\CCCCCCCCCCCC)OC(=O)CCCCCCCCCCCCCCC/C=C/CCCCCCCC. The number of quaternary nitrogens is 1. The number of hydrogen-bond acceptors (Lipinski definition) is 6. The van der Waals surface area contributed by atoms with E-state index in [9.17, 15) is 19.0 Å². The third-order valence-corrected chi connectivity index (χ3v) is 17.9. The van der Waals surface area contributed by atoms with Crippen LogP contribution in [0.5, 0.6) is 0 Å². The number of amides is 1. The van der Waals surface area contributed by atoms with Crippen LogP contribution in [-0.2, 0) is 27.9 Å². The van der Waals surface area contributed by atoms with Crippen molar-refractivity contribution in [3.05, 3.63) is 72.9 Å². The van der Waals surface area contributed by atoms with Gasteiger partial charge in [0.1, 0.15) is 19.3 Å². The molecule has 514 valence electrons. The van der Waals surface area contributed by atoms with E-state index in [1.807, 2.05) is 33.3 Å². The van der Waals surface area contributed by atoms with Crippen molar-refractivity contribution in [1.29, 1.82) is 0 Å². The molecule has 1 amide bonds. The molecule has 0 saturated carbocycles. The lowest BCUT2D eigenvalue weighted by molar-refractivity contribution is -0.870. The number of unbranched alkanes of at least 4 members (excludes halogenated alkanes) is 43. The number of ether oxygens (including phenoxy) is 1. The van der Waals surface area contributed by atoms with Gasteiger partial charge in [0.15, 0.2) is 0 Å². The molecule has 0 fully saturated rings. The average Bonchev–Trinajstić information content (AvgIpc) is 3.66. The molecule has 0 heterocycles. The highest BCUT2D eigenvalue weighted by Crippen LogP contribution is 2.43.